The van der Waals surface area contributed by atoms with Crippen LogP contribution in [0.4, 0.5) is 0 Å². The molecule has 0 aromatic rings. The van der Waals surface area contributed by atoms with E-state index in [4.69, 9.17) is 0 Å². The Hall–Kier alpha value is -0.590. The van der Waals surface area contributed by atoms with Crippen molar-refractivity contribution in [3.05, 3.63) is 12.2 Å². The van der Waals surface area contributed by atoms with Gasteiger partial charge in [-0.2, -0.15) is 0 Å². The van der Waals surface area contributed by atoms with Crippen molar-refractivity contribution in [2.75, 3.05) is 0 Å². The summed E-state index contributed by atoms with van der Waals surface area (Å²) in [6.45, 7) is 0. The molecule has 0 heterocycles. The second-order valence-corrected chi connectivity index (χ2v) is 4.14. The summed E-state index contributed by atoms with van der Waals surface area (Å²) in [5.74, 6) is 2.69. The van der Waals surface area contributed by atoms with Gasteiger partial charge < -0.3 is 0 Å². The molecule has 11 heavy (non-hydrogen) atoms. The number of hydrogen-bond donors (Lipinski definition) is 0. The van der Waals surface area contributed by atoms with Crippen molar-refractivity contribution >= 4 is 5.78 Å². The van der Waals surface area contributed by atoms with Crippen LogP contribution in [0.15, 0.2) is 12.2 Å². The van der Waals surface area contributed by atoms with E-state index in [1.54, 1.807) is 0 Å². The van der Waals surface area contributed by atoms with E-state index in [9.17, 15) is 4.79 Å². The van der Waals surface area contributed by atoms with Crippen LogP contribution in [0.25, 0.3) is 0 Å². The zero-order valence-corrected chi connectivity index (χ0v) is 6.49. The number of Topliss-reactive ketones (excluding diaryl/α,β-unsaturated/α-hetero) is 1. The van der Waals surface area contributed by atoms with E-state index in [1.807, 2.05) is 0 Å². The van der Waals surface area contributed by atoms with E-state index in [0.717, 1.165) is 0 Å². The lowest BCUT2D eigenvalue weighted by Crippen LogP contribution is -2.29. The number of rotatable bonds is 0. The van der Waals surface area contributed by atoms with Gasteiger partial charge in [0.1, 0.15) is 5.78 Å². The van der Waals surface area contributed by atoms with Gasteiger partial charge >= 0.3 is 0 Å². The summed E-state index contributed by atoms with van der Waals surface area (Å²) < 4.78 is 0. The van der Waals surface area contributed by atoms with Gasteiger partial charge in [0, 0.05) is 11.8 Å². The van der Waals surface area contributed by atoms with Gasteiger partial charge in [-0.25, -0.2) is 0 Å². The molecule has 0 radical (unpaired) electrons. The Balaban J connectivity index is 2.08. The highest BCUT2D eigenvalue weighted by Gasteiger charge is 2.48. The van der Waals surface area contributed by atoms with E-state index in [2.05, 4.69) is 12.2 Å². The van der Waals surface area contributed by atoms with Gasteiger partial charge in [-0.1, -0.05) is 12.2 Å². The zero-order valence-electron chi connectivity index (χ0n) is 6.49. The smallest absolute Gasteiger partial charge is 0.140 e. The first-order valence-corrected chi connectivity index (χ1v) is 4.58. The molecule has 1 heteroatoms. The maximum Gasteiger partial charge on any atom is 0.140 e. The van der Waals surface area contributed by atoms with E-state index >= 15 is 0 Å². The minimum absolute atomic E-state index is 0.426. The Morgan fingerprint density at radius 1 is 1.09 bits per heavy atom. The average Bonchev–Trinajstić information content (AvgIpc) is 2.42. The van der Waals surface area contributed by atoms with Crippen LogP contribution in [-0.2, 0) is 4.79 Å². The largest absolute Gasteiger partial charge is 0.299 e. The SMILES string of the molecule is O=C1[C@H]2CC[C@@H]1[C@@H]1C=C[C@H]2C1. The highest BCUT2D eigenvalue weighted by atomic mass is 16.1. The highest BCUT2D eigenvalue weighted by molar-refractivity contribution is 5.87. The molecule has 0 aliphatic heterocycles. The molecule has 0 spiro atoms. The molecule has 0 aromatic heterocycles. The van der Waals surface area contributed by atoms with Crippen molar-refractivity contribution in [3.8, 4) is 0 Å². The van der Waals surface area contributed by atoms with Crippen LogP contribution < -0.4 is 0 Å². The van der Waals surface area contributed by atoms with Gasteiger partial charge in [-0.3, -0.25) is 4.79 Å². The Morgan fingerprint density at radius 3 is 2.18 bits per heavy atom. The molecule has 0 unspecified atom stereocenters. The third kappa shape index (κ3) is 0.597. The Kier molecular flexibility index (Phi) is 0.961. The number of fused-ring (bicyclic) bond motifs is 6. The second kappa shape index (κ2) is 1.77. The molecule has 2 fully saturated rings. The number of hydrogen-bond acceptors (Lipinski definition) is 1. The third-order valence-corrected chi connectivity index (χ3v) is 3.70. The van der Waals surface area contributed by atoms with Crippen molar-refractivity contribution in [3.63, 3.8) is 0 Å². The van der Waals surface area contributed by atoms with Gasteiger partial charge in [-0.15, -0.1) is 0 Å². The monoisotopic (exact) mass is 148 g/mol. The van der Waals surface area contributed by atoms with Crippen LogP contribution in [0, 0.1) is 23.7 Å². The number of allylic oxidation sites excluding steroid dienone is 2. The van der Waals surface area contributed by atoms with E-state index in [-0.39, 0.29) is 0 Å². The first-order valence-electron chi connectivity index (χ1n) is 4.58. The summed E-state index contributed by atoms with van der Waals surface area (Å²) in [6.07, 6.45) is 8.20. The van der Waals surface area contributed by atoms with E-state index in [1.165, 1.54) is 19.3 Å². The van der Waals surface area contributed by atoms with Crippen LogP contribution in [0.1, 0.15) is 19.3 Å². The molecular formula is C10H12O. The van der Waals surface area contributed by atoms with E-state index < -0.39 is 0 Å². The van der Waals surface area contributed by atoms with Gasteiger partial charge in [0.2, 0.25) is 0 Å². The van der Waals surface area contributed by atoms with Gasteiger partial charge in [0.05, 0.1) is 0 Å². The first kappa shape index (κ1) is 5.99. The summed E-state index contributed by atoms with van der Waals surface area (Å²) in [5.41, 5.74) is 0. The highest BCUT2D eigenvalue weighted by Crippen LogP contribution is 2.50. The molecule has 0 aromatic carbocycles. The van der Waals surface area contributed by atoms with Gasteiger partial charge in [0.15, 0.2) is 0 Å². The number of ketones is 1. The molecular weight excluding hydrogens is 136 g/mol. The Morgan fingerprint density at radius 2 is 1.64 bits per heavy atom. The molecule has 1 nitrogen and oxygen atoms in total. The molecule has 0 saturated heterocycles. The maximum atomic E-state index is 11.6. The Labute approximate surface area is 66.5 Å². The molecule has 3 aliphatic rings. The molecule has 0 N–H and O–H groups in total. The minimum atomic E-state index is 0.426. The van der Waals surface area contributed by atoms with Crippen molar-refractivity contribution < 1.29 is 4.79 Å². The molecule has 0 amide bonds. The molecule has 4 bridgehead atoms. The summed E-state index contributed by atoms with van der Waals surface area (Å²) >= 11 is 0. The number of carbonyl (C=O) groups excluding carboxylic acids is 1. The third-order valence-electron chi connectivity index (χ3n) is 3.70. The normalized spacial score (nSPS) is 52.2. The van der Waals surface area contributed by atoms with Crippen LogP contribution >= 0.6 is 0 Å². The van der Waals surface area contributed by atoms with Crippen molar-refractivity contribution in [2.24, 2.45) is 23.7 Å². The average molecular weight is 148 g/mol. The molecule has 3 aliphatic carbocycles. The summed E-state index contributed by atoms with van der Waals surface area (Å²) in [7, 11) is 0. The van der Waals surface area contributed by atoms with Gasteiger partial charge in [0.25, 0.3) is 0 Å². The summed E-state index contributed by atoms with van der Waals surface area (Å²) in [4.78, 5) is 11.6. The van der Waals surface area contributed by atoms with E-state index in [0.29, 0.717) is 29.5 Å². The fraction of sp³-hybridized carbons (Fsp3) is 0.700. The fourth-order valence-electron chi connectivity index (χ4n) is 3.12. The van der Waals surface area contributed by atoms with Crippen molar-refractivity contribution in [2.45, 2.75) is 19.3 Å². The van der Waals surface area contributed by atoms with Crippen LogP contribution in [0.2, 0.25) is 0 Å². The van der Waals surface area contributed by atoms with Gasteiger partial charge in [-0.05, 0) is 31.1 Å². The summed E-state index contributed by atoms with van der Waals surface area (Å²) in [6, 6.07) is 0. The maximum absolute atomic E-state index is 11.6. The fourth-order valence-corrected chi connectivity index (χ4v) is 3.12. The molecule has 2 saturated carbocycles. The first-order chi connectivity index (χ1) is 5.36. The lowest BCUT2D eigenvalue weighted by Gasteiger charge is -2.25. The standard InChI is InChI=1S/C10H12O/c11-10-8-3-4-9(10)7-2-1-6(8)5-7/h1-2,6-9H,3-5H2/t6-,7+,8-,9+. The van der Waals surface area contributed by atoms with Crippen molar-refractivity contribution in [1.29, 1.82) is 0 Å². The lowest BCUT2D eigenvalue weighted by molar-refractivity contribution is -0.127. The van der Waals surface area contributed by atoms with Crippen molar-refractivity contribution in [1.82, 2.24) is 0 Å². The quantitative estimate of drug-likeness (QED) is 0.479. The predicted octanol–water partition coefficient (Wildman–Crippen LogP) is 1.79. The lowest BCUT2D eigenvalue weighted by atomic mass is 9.78. The van der Waals surface area contributed by atoms with Crippen LogP contribution in [0.3, 0.4) is 0 Å². The Bertz CT molecular complexity index is 219. The second-order valence-electron chi connectivity index (χ2n) is 4.14. The summed E-state index contributed by atoms with van der Waals surface area (Å²) in [5, 5.41) is 0. The topological polar surface area (TPSA) is 17.1 Å². The molecule has 3 rings (SSSR count). The molecule has 58 valence electrons. The predicted molar refractivity (Wildman–Crippen MR) is 42.0 cm³/mol. The van der Waals surface area contributed by atoms with Crippen LogP contribution in [0.5, 0.6) is 0 Å². The molecule has 4 atom stereocenters. The zero-order chi connectivity index (χ0) is 7.42. The minimum Gasteiger partial charge on any atom is -0.299 e. The number of carbonyl (C=O) groups is 1. The van der Waals surface area contributed by atoms with Crippen LogP contribution in [-0.4, -0.2) is 5.78 Å².